The van der Waals surface area contributed by atoms with E-state index >= 15 is 0 Å². The molecule has 0 saturated heterocycles. The van der Waals surface area contributed by atoms with Crippen LogP contribution in [0.4, 0.5) is 0 Å². The number of aromatic nitrogens is 1. The van der Waals surface area contributed by atoms with E-state index in [4.69, 9.17) is 4.74 Å². The largest absolute Gasteiger partial charge is 0.487 e. The van der Waals surface area contributed by atoms with E-state index in [2.05, 4.69) is 32.7 Å². The molecule has 170 valence electrons. The first-order valence-electron chi connectivity index (χ1n) is 10.6. The van der Waals surface area contributed by atoms with Crippen molar-refractivity contribution in [3.63, 3.8) is 0 Å². The van der Waals surface area contributed by atoms with Gasteiger partial charge in [-0.05, 0) is 49.1 Å². The highest BCUT2D eigenvalue weighted by Crippen LogP contribution is 2.23. The van der Waals surface area contributed by atoms with E-state index in [9.17, 15) is 4.21 Å². The van der Waals surface area contributed by atoms with Gasteiger partial charge in [-0.15, -0.1) is 24.0 Å². The molecule has 8 heteroatoms. The summed E-state index contributed by atoms with van der Waals surface area (Å²) in [5.41, 5.74) is 2.06. The number of nitrogens with zero attached hydrogens (tertiary/aromatic N) is 2. The number of halogens is 1. The molecule has 1 aliphatic carbocycles. The van der Waals surface area contributed by atoms with Gasteiger partial charge in [0.2, 0.25) is 0 Å². The summed E-state index contributed by atoms with van der Waals surface area (Å²) >= 11 is 0. The summed E-state index contributed by atoms with van der Waals surface area (Å²) in [6.45, 7) is 3.14. The second-order valence-electron chi connectivity index (χ2n) is 7.48. The number of guanidine groups is 1. The number of hydrogen-bond donors (Lipinski definition) is 2. The second-order valence-corrected chi connectivity index (χ2v) is 9.48. The minimum Gasteiger partial charge on any atom is -0.487 e. The summed E-state index contributed by atoms with van der Waals surface area (Å²) in [6.07, 6.45) is 6.00. The molecular weight excluding hydrogens is 523 g/mol. The minimum atomic E-state index is -0.717. The molecule has 1 saturated carbocycles. The molecule has 31 heavy (non-hydrogen) atoms. The lowest BCUT2D eigenvalue weighted by Gasteiger charge is -2.30. The van der Waals surface area contributed by atoms with Crippen LogP contribution in [-0.2, 0) is 24.0 Å². The normalized spacial score (nSPS) is 19.7. The molecule has 0 aliphatic heterocycles. The SMILES string of the molecule is CCS(=O)C1CCCC(NC(=NC)NCc2ccc(OCc3ccccn3)cc2)C1.I. The molecular formula is C23H33IN4O2S. The predicted molar refractivity (Wildman–Crippen MR) is 138 cm³/mol. The van der Waals surface area contributed by atoms with Gasteiger partial charge in [0, 0.05) is 47.6 Å². The van der Waals surface area contributed by atoms with Gasteiger partial charge in [-0.2, -0.15) is 0 Å². The summed E-state index contributed by atoms with van der Waals surface area (Å²) in [5, 5.41) is 7.19. The average Bonchev–Trinajstić information content (AvgIpc) is 2.81. The van der Waals surface area contributed by atoms with Gasteiger partial charge in [0.05, 0.1) is 5.69 Å². The van der Waals surface area contributed by atoms with Crippen molar-refractivity contribution in [2.24, 2.45) is 4.99 Å². The highest BCUT2D eigenvalue weighted by Gasteiger charge is 2.25. The fourth-order valence-corrected chi connectivity index (χ4v) is 5.02. The molecule has 2 N–H and O–H groups in total. The van der Waals surface area contributed by atoms with E-state index < -0.39 is 10.8 Å². The molecule has 1 fully saturated rings. The van der Waals surface area contributed by atoms with Crippen LogP contribution in [0.15, 0.2) is 53.7 Å². The molecule has 0 radical (unpaired) electrons. The molecule has 6 nitrogen and oxygen atoms in total. The maximum absolute atomic E-state index is 12.2. The van der Waals surface area contributed by atoms with Gasteiger partial charge in [-0.3, -0.25) is 14.2 Å². The van der Waals surface area contributed by atoms with E-state index in [0.717, 1.165) is 54.4 Å². The number of rotatable bonds is 8. The Hall–Kier alpha value is -1.68. The first kappa shape index (κ1) is 25.6. The highest BCUT2D eigenvalue weighted by molar-refractivity contribution is 14.0. The van der Waals surface area contributed by atoms with Gasteiger partial charge >= 0.3 is 0 Å². The number of ether oxygens (including phenoxy) is 1. The Morgan fingerprint density at radius 3 is 2.71 bits per heavy atom. The number of benzene rings is 1. The van der Waals surface area contributed by atoms with Crippen molar-refractivity contribution in [3.05, 3.63) is 59.9 Å². The van der Waals surface area contributed by atoms with Crippen molar-refractivity contribution < 1.29 is 8.95 Å². The molecule has 1 aromatic carbocycles. The summed E-state index contributed by atoms with van der Waals surface area (Å²) in [7, 11) is 1.07. The molecule has 3 rings (SSSR count). The van der Waals surface area contributed by atoms with E-state index in [1.165, 1.54) is 0 Å². The minimum absolute atomic E-state index is 0. The van der Waals surface area contributed by atoms with E-state index in [0.29, 0.717) is 24.4 Å². The zero-order chi connectivity index (χ0) is 21.2. The van der Waals surface area contributed by atoms with Crippen LogP contribution in [0.3, 0.4) is 0 Å². The Labute approximate surface area is 205 Å². The van der Waals surface area contributed by atoms with Gasteiger partial charge in [0.25, 0.3) is 0 Å². The third-order valence-corrected chi connectivity index (χ3v) is 7.08. The molecule has 3 unspecified atom stereocenters. The van der Waals surface area contributed by atoms with Crippen molar-refractivity contribution in [1.82, 2.24) is 15.6 Å². The third-order valence-electron chi connectivity index (χ3n) is 5.34. The Balaban J connectivity index is 0.00000341. The standard InChI is InChI=1S/C23H32N4O2S.HI/c1-3-30(28)22-9-6-8-19(15-22)27-23(24-2)26-16-18-10-12-21(13-11-18)29-17-20-7-4-5-14-25-20;/h4-5,7,10-14,19,22H,3,6,8-9,15-17H2,1-2H3,(H2,24,26,27);1H. The van der Waals surface area contributed by atoms with Crippen LogP contribution in [0, 0.1) is 0 Å². The van der Waals surface area contributed by atoms with Gasteiger partial charge in [0.15, 0.2) is 5.96 Å². The molecule has 0 amide bonds. The van der Waals surface area contributed by atoms with Gasteiger partial charge in [-0.1, -0.05) is 31.5 Å². The zero-order valence-electron chi connectivity index (χ0n) is 18.3. The third kappa shape index (κ3) is 8.40. The van der Waals surface area contributed by atoms with Gasteiger partial charge in [0.1, 0.15) is 12.4 Å². The Bertz CT molecular complexity index is 833. The van der Waals surface area contributed by atoms with Crippen LogP contribution in [0.5, 0.6) is 5.75 Å². The van der Waals surface area contributed by atoms with Crippen LogP contribution in [-0.4, -0.2) is 39.2 Å². The molecule has 0 bridgehead atoms. The quantitative estimate of drug-likeness (QED) is 0.292. The fraction of sp³-hybridized carbons (Fsp3) is 0.478. The first-order chi connectivity index (χ1) is 14.7. The lowest BCUT2D eigenvalue weighted by Crippen LogP contribution is -2.46. The van der Waals surface area contributed by atoms with Crippen LogP contribution in [0.2, 0.25) is 0 Å². The first-order valence-corrected chi connectivity index (χ1v) is 12.0. The van der Waals surface area contributed by atoms with Crippen molar-refractivity contribution in [1.29, 1.82) is 0 Å². The zero-order valence-corrected chi connectivity index (χ0v) is 21.4. The smallest absolute Gasteiger partial charge is 0.191 e. The number of aliphatic imine (C=N–C) groups is 1. The Morgan fingerprint density at radius 2 is 2.03 bits per heavy atom. The summed E-state index contributed by atoms with van der Waals surface area (Å²) in [4.78, 5) is 8.62. The molecule has 1 aromatic heterocycles. The van der Waals surface area contributed by atoms with E-state index in [-0.39, 0.29) is 24.0 Å². The Morgan fingerprint density at radius 1 is 1.23 bits per heavy atom. The molecule has 0 spiro atoms. The van der Waals surface area contributed by atoms with Crippen molar-refractivity contribution >= 4 is 40.7 Å². The van der Waals surface area contributed by atoms with Gasteiger partial charge in [-0.25, -0.2) is 0 Å². The topological polar surface area (TPSA) is 75.6 Å². The summed E-state index contributed by atoms with van der Waals surface area (Å²) < 4.78 is 17.9. The number of hydrogen-bond acceptors (Lipinski definition) is 4. The Kier molecular flexibility index (Phi) is 11.3. The fourth-order valence-electron chi connectivity index (χ4n) is 3.67. The maximum Gasteiger partial charge on any atom is 0.191 e. The predicted octanol–water partition coefficient (Wildman–Crippen LogP) is 4.02. The second kappa shape index (κ2) is 13.7. The average molecular weight is 557 g/mol. The number of pyridine rings is 1. The lowest BCUT2D eigenvalue weighted by atomic mass is 9.95. The van der Waals surface area contributed by atoms with Crippen molar-refractivity contribution in [2.75, 3.05) is 12.8 Å². The van der Waals surface area contributed by atoms with Crippen LogP contribution >= 0.6 is 24.0 Å². The number of nitrogens with one attached hydrogen (secondary N) is 2. The van der Waals surface area contributed by atoms with Crippen molar-refractivity contribution in [3.8, 4) is 5.75 Å². The molecule has 3 atom stereocenters. The molecule has 1 aliphatic rings. The van der Waals surface area contributed by atoms with E-state index in [1.54, 1.807) is 13.2 Å². The van der Waals surface area contributed by atoms with E-state index in [1.807, 2.05) is 37.3 Å². The molecule has 2 aromatic rings. The highest BCUT2D eigenvalue weighted by atomic mass is 127. The molecule has 1 heterocycles. The van der Waals surface area contributed by atoms with Crippen LogP contribution < -0.4 is 15.4 Å². The van der Waals surface area contributed by atoms with Crippen molar-refractivity contribution in [2.45, 2.75) is 57.1 Å². The maximum atomic E-state index is 12.2. The van der Waals surface area contributed by atoms with Gasteiger partial charge < -0.3 is 15.4 Å². The summed E-state index contributed by atoms with van der Waals surface area (Å²) in [5.74, 6) is 2.36. The van der Waals surface area contributed by atoms with Crippen LogP contribution in [0.1, 0.15) is 43.9 Å². The lowest BCUT2D eigenvalue weighted by molar-refractivity contribution is 0.301. The monoisotopic (exact) mass is 556 g/mol. The van der Waals surface area contributed by atoms with Crippen LogP contribution in [0.25, 0.3) is 0 Å². The summed E-state index contributed by atoms with van der Waals surface area (Å²) in [6, 6.07) is 14.2.